The number of pyridine rings is 2. The molecule has 2 aromatic heterocycles. The van der Waals surface area contributed by atoms with Gasteiger partial charge in [-0.25, -0.2) is 0 Å². The van der Waals surface area contributed by atoms with Crippen LogP contribution in [-0.4, -0.2) is 26.1 Å². The predicted octanol–water partition coefficient (Wildman–Crippen LogP) is 2.12. The van der Waals surface area contributed by atoms with Crippen LogP contribution >= 0.6 is 0 Å². The summed E-state index contributed by atoms with van der Waals surface area (Å²) in [5, 5.41) is 5.79. The largest absolute Gasteiger partial charge is 0.265 e. The fourth-order valence-corrected chi connectivity index (χ4v) is 7.81. The van der Waals surface area contributed by atoms with Crippen molar-refractivity contribution in [1.29, 1.82) is 0 Å². The molecule has 0 atom stereocenters. The van der Waals surface area contributed by atoms with Gasteiger partial charge >= 0.3 is 0 Å². The summed E-state index contributed by atoms with van der Waals surface area (Å²) in [6, 6.07) is 18.0. The number of aromatic nitrogens is 2. The summed E-state index contributed by atoms with van der Waals surface area (Å²) in [6.07, 6.45) is 7.60. The van der Waals surface area contributed by atoms with E-state index in [0.717, 1.165) is 0 Å². The molecule has 0 fully saturated rings. The van der Waals surface area contributed by atoms with Gasteiger partial charge in [0, 0.05) is 24.8 Å². The predicted molar refractivity (Wildman–Crippen MR) is 108 cm³/mol. The van der Waals surface area contributed by atoms with Crippen molar-refractivity contribution in [3.05, 3.63) is 73.3 Å². The minimum Gasteiger partial charge on any atom is -0.265 e. The van der Waals surface area contributed by atoms with Crippen molar-refractivity contribution in [3.8, 4) is 0 Å². The molecule has 122 valence electrons. The van der Waals surface area contributed by atoms with Crippen molar-refractivity contribution in [3.63, 3.8) is 0 Å². The molecule has 0 aliphatic carbocycles. The van der Waals surface area contributed by atoms with Gasteiger partial charge in [0.25, 0.3) is 0 Å². The van der Waals surface area contributed by atoms with Crippen molar-refractivity contribution in [2.24, 2.45) is 0 Å². The Morgan fingerprint density at radius 2 is 0.708 bits per heavy atom. The lowest BCUT2D eigenvalue weighted by atomic mass is 10.4. The van der Waals surface area contributed by atoms with Gasteiger partial charge in [0.05, 0.1) is 0 Å². The fraction of sp³-hybridized carbons (Fsp3) is 0.200. The molecule has 0 bridgehead atoms. The maximum atomic E-state index is 4.16. The molecule has 0 radical (unpaired) electrons. The molecule has 0 N–H and O–H groups in total. The van der Waals surface area contributed by atoms with Gasteiger partial charge in [0.15, 0.2) is 0 Å². The van der Waals surface area contributed by atoms with Gasteiger partial charge in [0.1, 0.15) is 16.1 Å². The van der Waals surface area contributed by atoms with Gasteiger partial charge in [-0.2, -0.15) is 0 Å². The molecule has 0 aliphatic rings. The SMILES string of the molecule is C[Si](C)(c1ccncc1)c1ccc([Si](C)(C)c2ccncc2)cc1. The lowest BCUT2D eigenvalue weighted by Gasteiger charge is -2.27. The van der Waals surface area contributed by atoms with Gasteiger partial charge in [-0.3, -0.25) is 9.97 Å². The second-order valence-corrected chi connectivity index (χ2v) is 16.1. The standard InChI is InChI=1S/C20H24N2Si2/c1-23(2,19-9-13-21-14-10-19)17-5-7-18(8-6-17)24(3,4)20-11-15-22-16-12-20/h5-16H,1-4H3. The van der Waals surface area contributed by atoms with Gasteiger partial charge in [0.2, 0.25) is 0 Å². The van der Waals surface area contributed by atoms with Crippen molar-refractivity contribution < 1.29 is 0 Å². The monoisotopic (exact) mass is 348 g/mol. The summed E-state index contributed by atoms with van der Waals surface area (Å²) >= 11 is 0. The van der Waals surface area contributed by atoms with Gasteiger partial charge < -0.3 is 0 Å². The van der Waals surface area contributed by atoms with Crippen LogP contribution in [0.15, 0.2) is 73.3 Å². The molecule has 0 amide bonds. The van der Waals surface area contributed by atoms with E-state index in [-0.39, 0.29) is 0 Å². The molecule has 3 rings (SSSR count). The Morgan fingerprint density at radius 3 is 1.00 bits per heavy atom. The topological polar surface area (TPSA) is 25.8 Å². The lowest BCUT2D eigenvalue weighted by Crippen LogP contribution is -2.55. The highest BCUT2D eigenvalue weighted by molar-refractivity contribution is 7.01. The normalized spacial score (nSPS) is 12.2. The Morgan fingerprint density at radius 1 is 0.458 bits per heavy atom. The third kappa shape index (κ3) is 3.12. The molecule has 2 heterocycles. The summed E-state index contributed by atoms with van der Waals surface area (Å²) in [5.74, 6) is 0. The van der Waals surface area contributed by atoms with Crippen LogP contribution in [0.25, 0.3) is 0 Å². The zero-order valence-electron chi connectivity index (χ0n) is 14.8. The van der Waals surface area contributed by atoms with Crippen LogP contribution in [0.5, 0.6) is 0 Å². The maximum absolute atomic E-state index is 4.16. The number of benzene rings is 1. The van der Waals surface area contributed by atoms with Crippen LogP contribution in [0.2, 0.25) is 26.2 Å². The Balaban J connectivity index is 1.94. The van der Waals surface area contributed by atoms with Crippen LogP contribution in [0, 0.1) is 0 Å². The van der Waals surface area contributed by atoms with E-state index < -0.39 is 16.1 Å². The average molecular weight is 349 g/mol. The van der Waals surface area contributed by atoms with E-state index >= 15 is 0 Å². The molecular weight excluding hydrogens is 324 g/mol. The van der Waals surface area contributed by atoms with Crippen LogP contribution in [0.4, 0.5) is 0 Å². The first kappa shape index (κ1) is 16.8. The zero-order valence-corrected chi connectivity index (χ0v) is 16.8. The Labute approximate surface area is 146 Å². The first-order chi connectivity index (χ1) is 11.4. The highest BCUT2D eigenvalue weighted by Crippen LogP contribution is 2.07. The Bertz CT molecular complexity index is 728. The van der Waals surface area contributed by atoms with Crippen LogP contribution in [-0.2, 0) is 0 Å². The minimum atomic E-state index is -1.65. The highest BCUT2D eigenvalue weighted by Gasteiger charge is 2.29. The van der Waals surface area contributed by atoms with Gasteiger partial charge in [-0.1, -0.05) is 71.2 Å². The molecule has 4 heteroatoms. The third-order valence-corrected chi connectivity index (χ3v) is 12.2. The zero-order chi connectivity index (χ0) is 17.2. The van der Waals surface area contributed by atoms with Gasteiger partial charge in [-0.15, -0.1) is 0 Å². The molecule has 1 aromatic carbocycles. The van der Waals surface area contributed by atoms with E-state index in [1.54, 1.807) is 0 Å². The quantitative estimate of drug-likeness (QED) is 0.675. The molecule has 0 saturated carbocycles. The fourth-order valence-electron chi connectivity index (χ4n) is 3.17. The van der Waals surface area contributed by atoms with Gasteiger partial charge in [-0.05, 0) is 24.3 Å². The van der Waals surface area contributed by atoms with Crippen molar-refractivity contribution in [1.82, 2.24) is 9.97 Å². The van der Waals surface area contributed by atoms with E-state index in [9.17, 15) is 0 Å². The van der Waals surface area contributed by atoms with Crippen LogP contribution < -0.4 is 20.7 Å². The molecule has 2 nitrogen and oxygen atoms in total. The summed E-state index contributed by atoms with van der Waals surface area (Å²) in [4.78, 5) is 8.31. The number of rotatable bonds is 4. The number of hydrogen-bond acceptors (Lipinski definition) is 2. The minimum absolute atomic E-state index is 1.43. The first-order valence-electron chi connectivity index (χ1n) is 8.34. The molecular formula is C20H24N2Si2. The van der Waals surface area contributed by atoms with Crippen LogP contribution in [0.3, 0.4) is 0 Å². The second-order valence-electron chi connectivity index (χ2n) is 7.30. The van der Waals surface area contributed by atoms with E-state index in [4.69, 9.17) is 0 Å². The average Bonchev–Trinajstić information content (AvgIpc) is 2.63. The maximum Gasteiger partial charge on any atom is 0.112 e. The highest BCUT2D eigenvalue weighted by atomic mass is 28.3. The molecule has 0 saturated heterocycles. The third-order valence-electron chi connectivity index (χ3n) is 5.13. The molecule has 0 aliphatic heterocycles. The Hall–Kier alpha value is -2.05. The first-order valence-corrected chi connectivity index (χ1v) is 14.3. The van der Waals surface area contributed by atoms with E-state index in [2.05, 4.69) is 84.7 Å². The summed E-state index contributed by atoms with van der Waals surface area (Å²) in [6.45, 7) is 9.62. The molecule has 3 aromatic rings. The molecule has 24 heavy (non-hydrogen) atoms. The van der Waals surface area contributed by atoms with E-state index in [1.807, 2.05) is 24.8 Å². The van der Waals surface area contributed by atoms with Crippen molar-refractivity contribution in [2.45, 2.75) is 26.2 Å². The summed E-state index contributed by atoms with van der Waals surface area (Å²) in [5.41, 5.74) is 0. The smallest absolute Gasteiger partial charge is 0.112 e. The summed E-state index contributed by atoms with van der Waals surface area (Å²) < 4.78 is 0. The van der Waals surface area contributed by atoms with E-state index in [0.29, 0.717) is 0 Å². The molecule has 0 unspecified atom stereocenters. The number of hydrogen-bond donors (Lipinski definition) is 0. The van der Waals surface area contributed by atoms with Crippen molar-refractivity contribution >= 4 is 36.9 Å². The van der Waals surface area contributed by atoms with E-state index in [1.165, 1.54) is 20.7 Å². The Kier molecular flexibility index (Phi) is 4.52. The molecule has 0 spiro atoms. The number of nitrogens with zero attached hydrogens (tertiary/aromatic N) is 2. The second kappa shape index (κ2) is 6.45. The lowest BCUT2D eigenvalue weighted by molar-refractivity contribution is 1.34. The summed E-state index contributed by atoms with van der Waals surface area (Å²) in [7, 11) is -3.30. The van der Waals surface area contributed by atoms with Crippen molar-refractivity contribution in [2.75, 3.05) is 0 Å². The van der Waals surface area contributed by atoms with Crippen LogP contribution in [0.1, 0.15) is 0 Å².